The van der Waals surface area contributed by atoms with Crippen molar-refractivity contribution in [3.8, 4) is 0 Å². The number of aromatic amines is 1. The number of sulfone groups is 2. The van der Waals surface area contributed by atoms with E-state index in [4.69, 9.17) is 11.6 Å². The summed E-state index contributed by atoms with van der Waals surface area (Å²) in [7, 11) is -8.03. The summed E-state index contributed by atoms with van der Waals surface area (Å²) in [6.07, 6.45) is -1.77. The highest BCUT2D eigenvalue weighted by Crippen LogP contribution is 2.51. The van der Waals surface area contributed by atoms with Crippen LogP contribution in [0.15, 0.2) is 107 Å². The average molecular weight is 781 g/mol. The Hall–Kier alpha value is -3.90. The molecule has 0 spiro atoms. The van der Waals surface area contributed by atoms with E-state index in [1.54, 1.807) is 45.9 Å². The number of rotatable bonds is 7. The fourth-order valence-corrected chi connectivity index (χ4v) is 11.6. The van der Waals surface area contributed by atoms with Crippen LogP contribution in [0.4, 0.5) is 13.2 Å². The molecule has 2 unspecified atom stereocenters. The molecule has 2 aliphatic rings. The van der Waals surface area contributed by atoms with Crippen LogP contribution in [0, 0.1) is 5.92 Å². The molecule has 2 heterocycles. The van der Waals surface area contributed by atoms with Crippen LogP contribution in [0.25, 0.3) is 22.6 Å². The third-order valence-corrected chi connectivity index (χ3v) is 16.4. The van der Waals surface area contributed by atoms with Gasteiger partial charge in [-0.25, -0.2) is 16.8 Å². The van der Waals surface area contributed by atoms with Gasteiger partial charge in [-0.15, -0.1) is 0 Å². The maximum atomic E-state index is 14.8. The molecule has 1 fully saturated rings. The molecule has 6 nitrogen and oxygen atoms in total. The van der Waals surface area contributed by atoms with Crippen molar-refractivity contribution in [1.29, 1.82) is 0 Å². The Morgan fingerprint density at radius 3 is 2.08 bits per heavy atom. The molecule has 0 radical (unpaired) electrons. The van der Waals surface area contributed by atoms with Crippen molar-refractivity contribution in [2.75, 3.05) is 13.1 Å². The van der Waals surface area contributed by atoms with Gasteiger partial charge in [-0.1, -0.05) is 66.2 Å². The molecule has 0 bridgehead atoms. The quantitative estimate of drug-likeness (QED) is 0.178. The molecule has 5 aromatic rings. The first-order valence-electron chi connectivity index (χ1n) is 17.4. The van der Waals surface area contributed by atoms with Gasteiger partial charge in [0, 0.05) is 16.2 Å². The molecule has 2 atom stereocenters. The fourth-order valence-electron chi connectivity index (χ4n) is 7.89. The van der Waals surface area contributed by atoms with Gasteiger partial charge in [0.1, 0.15) is 4.75 Å². The minimum Gasteiger partial charge on any atom is -0.357 e. The van der Waals surface area contributed by atoms with Crippen molar-refractivity contribution in [2.45, 2.75) is 72.0 Å². The largest absolute Gasteiger partial charge is 0.416 e. The molecule has 53 heavy (non-hydrogen) atoms. The number of nitrogens with zero attached hydrogens (tertiary/aromatic N) is 1. The van der Waals surface area contributed by atoms with Crippen molar-refractivity contribution < 1.29 is 30.0 Å². The van der Waals surface area contributed by atoms with Crippen LogP contribution in [0.5, 0.6) is 0 Å². The summed E-state index contributed by atoms with van der Waals surface area (Å²) in [4.78, 5) is 5.36. The van der Waals surface area contributed by atoms with Crippen LogP contribution in [0.2, 0.25) is 5.02 Å². The van der Waals surface area contributed by atoms with E-state index in [0.717, 1.165) is 45.8 Å². The van der Waals surface area contributed by atoms with Crippen LogP contribution in [0.1, 0.15) is 74.5 Å². The zero-order valence-corrected chi connectivity index (χ0v) is 32.1. The number of aromatic nitrogens is 1. The third-order valence-electron chi connectivity index (χ3n) is 11.0. The molecule has 12 heteroatoms. The molecule has 1 aliphatic carbocycles. The van der Waals surface area contributed by atoms with Gasteiger partial charge in [0.25, 0.3) is 0 Å². The topological polar surface area (TPSA) is 87.3 Å². The summed E-state index contributed by atoms with van der Waals surface area (Å²) in [5, 5.41) is 1.12. The lowest BCUT2D eigenvalue weighted by Gasteiger charge is -2.44. The van der Waals surface area contributed by atoms with Crippen LogP contribution in [0.3, 0.4) is 0 Å². The van der Waals surface area contributed by atoms with Gasteiger partial charge in [-0.3, -0.25) is 4.90 Å². The molecule has 0 amide bonds. The first-order chi connectivity index (χ1) is 24.8. The predicted molar refractivity (Wildman–Crippen MR) is 204 cm³/mol. The number of H-pyrrole nitrogens is 1. The summed E-state index contributed by atoms with van der Waals surface area (Å²) in [5.74, 6) is -0.457. The number of nitrogens with one attached hydrogen (secondary N) is 1. The number of para-hydroxylation sites is 1. The van der Waals surface area contributed by atoms with Gasteiger partial charge >= 0.3 is 6.18 Å². The average Bonchev–Trinajstić information content (AvgIpc) is 3.73. The van der Waals surface area contributed by atoms with Crippen molar-refractivity contribution in [3.05, 3.63) is 130 Å². The van der Waals surface area contributed by atoms with Crippen molar-refractivity contribution in [1.82, 2.24) is 9.88 Å². The monoisotopic (exact) mass is 780 g/mol. The molecular formula is C41H40ClF3N2O4S2. The van der Waals surface area contributed by atoms with Crippen LogP contribution in [-0.4, -0.2) is 44.6 Å². The number of alkyl halides is 3. The van der Waals surface area contributed by atoms with Crippen molar-refractivity contribution in [3.63, 3.8) is 0 Å². The molecule has 1 saturated heterocycles. The second-order valence-corrected chi connectivity index (χ2v) is 20.5. The summed E-state index contributed by atoms with van der Waals surface area (Å²) in [5.41, 5.74) is 3.82. The molecular weight excluding hydrogens is 741 g/mol. The minimum atomic E-state index is -4.71. The highest BCUT2D eigenvalue weighted by atomic mass is 35.5. The van der Waals surface area contributed by atoms with Crippen molar-refractivity contribution >= 4 is 53.8 Å². The summed E-state index contributed by atoms with van der Waals surface area (Å²) >= 11 is 6.88. The number of hydrogen-bond donors (Lipinski definition) is 1. The van der Waals surface area contributed by atoms with E-state index in [1.807, 2.05) is 42.5 Å². The molecule has 0 saturated carbocycles. The molecule has 1 aromatic heterocycles. The highest BCUT2D eigenvalue weighted by molar-refractivity contribution is 7.93. The number of fused-ring (bicyclic) bond motifs is 2. The second kappa shape index (κ2) is 13.1. The summed E-state index contributed by atoms with van der Waals surface area (Å²) < 4.78 is 94.9. The van der Waals surface area contributed by atoms with Crippen LogP contribution < -0.4 is 0 Å². The maximum absolute atomic E-state index is 14.8. The smallest absolute Gasteiger partial charge is 0.357 e. The van der Waals surface area contributed by atoms with E-state index in [9.17, 15) is 30.0 Å². The molecule has 4 aromatic carbocycles. The number of benzene rings is 4. The standard InChI is InChI=1S/C41H40ClF3N2O4S2/c1-39(2,3)52(48,49)31-16-17-33(35(42)25-31)34-22-26-10-5-7-14-32(26)38(34)47-20-18-28(19-21-47)40(4,37-23-27-11-6-8-15-36(27)46-37)53(50,51)30-13-9-12-29(24-30)41(43,44)45/h5-17,22-25,28,38,46H,18-21H2,1-4H3. The zero-order chi connectivity index (χ0) is 38.1. The Labute approximate surface area is 313 Å². The maximum Gasteiger partial charge on any atom is 0.416 e. The first-order valence-corrected chi connectivity index (χ1v) is 20.8. The predicted octanol–water partition coefficient (Wildman–Crippen LogP) is 10.1. The lowest BCUT2D eigenvalue weighted by molar-refractivity contribution is -0.137. The van der Waals surface area contributed by atoms with Crippen LogP contribution >= 0.6 is 11.6 Å². The molecule has 278 valence electrons. The molecule has 1 N–H and O–H groups in total. The Bertz CT molecular complexity index is 2450. The van der Waals surface area contributed by atoms with E-state index in [1.165, 1.54) is 12.1 Å². The SMILES string of the molecule is CC(C)(C)S(=O)(=O)c1ccc(C2=Cc3ccccc3C2N2CCC(C(C)(c3cc4ccccc4[nH]3)S(=O)(=O)c3cccc(C(F)(F)F)c3)CC2)c(Cl)c1. The van der Waals surface area contributed by atoms with Gasteiger partial charge in [0.05, 0.1) is 26.1 Å². The lowest BCUT2D eigenvalue weighted by atomic mass is 9.81. The first kappa shape index (κ1) is 37.4. The number of hydrogen-bond acceptors (Lipinski definition) is 5. The summed E-state index contributed by atoms with van der Waals surface area (Å²) in [6.45, 7) is 7.55. The van der Waals surface area contributed by atoms with E-state index in [0.29, 0.717) is 42.2 Å². The number of piperidine rings is 1. The minimum absolute atomic E-state index is 0.144. The van der Waals surface area contributed by atoms with Gasteiger partial charge in [-0.05, 0) is 136 Å². The Balaban J connectivity index is 1.25. The van der Waals surface area contributed by atoms with E-state index in [2.05, 4.69) is 22.0 Å². The Morgan fingerprint density at radius 2 is 1.42 bits per heavy atom. The van der Waals surface area contributed by atoms with Crippen LogP contribution in [-0.2, 0) is 30.6 Å². The highest BCUT2D eigenvalue weighted by Gasteiger charge is 2.51. The number of likely N-dealkylation sites (tertiary alicyclic amines) is 1. The second-order valence-electron chi connectivity index (χ2n) is 15.1. The number of halogens is 4. The molecule has 1 aliphatic heterocycles. The van der Waals surface area contributed by atoms with Crippen molar-refractivity contribution in [2.24, 2.45) is 5.92 Å². The lowest BCUT2D eigenvalue weighted by Crippen LogP contribution is -2.47. The normalized spacial score (nSPS) is 18.9. The van der Waals surface area contributed by atoms with Gasteiger partial charge in [0.15, 0.2) is 19.7 Å². The zero-order valence-electron chi connectivity index (χ0n) is 29.7. The van der Waals surface area contributed by atoms with Gasteiger partial charge in [-0.2, -0.15) is 13.2 Å². The summed E-state index contributed by atoms with van der Waals surface area (Å²) in [6, 6.07) is 25.8. The van der Waals surface area contributed by atoms with Gasteiger partial charge in [0.2, 0.25) is 0 Å². The van der Waals surface area contributed by atoms with E-state index in [-0.39, 0.29) is 15.8 Å². The van der Waals surface area contributed by atoms with E-state index >= 15 is 0 Å². The Kier molecular flexibility index (Phi) is 9.28. The molecule has 7 rings (SSSR count). The van der Waals surface area contributed by atoms with E-state index < -0.39 is 46.8 Å². The van der Waals surface area contributed by atoms with Gasteiger partial charge < -0.3 is 4.98 Å². The third kappa shape index (κ3) is 6.33. The Morgan fingerprint density at radius 1 is 0.755 bits per heavy atom. The fraction of sp³-hybridized carbons (Fsp3) is 0.317.